The van der Waals surface area contributed by atoms with Gasteiger partial charge in [-0.15, -0.1) is 0 Å². The van der Waals surface area contributed by atoms with Crippen LogP contribution in [0.1, 0.15) is 29.7 Å². The Kier molecular flexibility index (Phi) is 5.33. The molecule has 0 aliphatic rings. The quantitative estimate of drug-likeness (QED) is 0.592. The van der Waals surface area contributed by atoms with Crippen molar-refractivity contribution in [2.45, 2.75) is 31.7 Å². The molecule has 1 atom stereocenters. The highest BCUT2D eigenvalue weighted by molar-refractivity contribution is 7.92. The third-order valence-electron chi connectivity index (χ3n) is 4.52. The second-order valence-electron chi connectivity index (χ2n) is 6.68. The predicted octanol–water partition coefficient (Wildman–Crippen LogP) is 5.40. The van der Waals surface area contributed by atoms with E-state index in [2.05, 4.69) is 0 Å². The van der Waals surface area contributed by atoms with E-state index < -0.39 is 21.9 Å². The van der Waals surface area contributed by atoms with Gasteiger partial charge in [-0.05, 0) is 62.2 Å². The average molecular weight is 383 g/mol. The molecule has 0 N–H and O–H groups in total. The van der Waals surface area contributed by atoms with Crippen molar-refractivity contribution >= 4 is 15.7 Å². The molecule has 0 aromatic heterocycles. The number of halogens is 1. The smallest absolute Gasteiger partial charge is 0.259 e. The van der Waals surface area contributed by atoms with Gasteiger partial charge in [0.1, 0.15) is 5.82 Å². The minimum Gasteiger partial charge on any atom is -0.259 e. The Bertz CT molecular complexity index is 1050. The van der Waals surface area contributed by atoms with E-state index in [9.17, 15) is 12.8 Å². The molecule has 0 spiro atoms. The molecule has 140 valence electrons. The normalized spacial score (nSPS) is 12.6. The Morgan fingerprint density at radius 2 is 1.52 bits per heavy atom. The summed E-state index contributed by atoms with van der Waals surface area (Å²) in [5.74, 6) is -0.580. The first-order valence-electron chi connectivity index (χ1n) is 8.72. The van der Waals surface area contributed by atoms with Crippen molar-refractivity contribution in [1.82, 2.24) is 0 Å². The van der Waals surface area contributed by atoms with Gasteiger partial charge in [0.15, 0.2) is 0 Å². The van der Waals surface area contributed by atoms with Gasteiger partial charge in [0.05, 0.1) is 16.6 Å². The van der Waals surface area contributed by atoms with Crippen LogP contribution in [0.4, 0.5) is 10.1 Å². The van der Waals surface area contributed by atoms with Gasteiger partial charge in [0.25, 0.3) is 10.0 Å². The summed E-state index contributed by atoms with van der Waals surface area (Å²) in [6, 6.07) is 19.7. The van der Waals surface area contributed by atoms with Crippen molar-refractivity contribution in [3.8, 4) is 0 Å². The Morgan fingerprint density at radius 1 is 0.852 bits per heavy atom. The summed E-state index contributed by atoms with van der Waals surface area (Å²) in [6.45, 7) is 5.73. The maximum atomic E-state index is 13.7. The lowest BCUT2D eigenvalue weighted by atomic mass is 10.1. The van der Waals surface area contributed by atoms with Crippen LogP contribution in [0.5, 0.6) is 0 Å². The minimum atomic E-state index is -3.96. The zero-order chi connectivity index (χ0) is 19.6. The molecular weight excluding hydrogens is 361 g/mol. The third kappa shape index (κ3) is 4.03. The second-order valence-corrected chi connectivity index (χ2v) is 8.50. The summed E-state index contributed by atoms with van der Waals surface area (Å²) in [5.41, 5.74) is 3.46. The molecular formula is C22H22FNO2S. The molecule has 3 aromatic carbocycles. The van der Waals surface area contributed by atoms with Gasteiger partial charge in [0.2, 0.25) is 0 Å². The third-order valence-corrected chi connectivity index (χ3v) is 6.42. The van der Waals surface area contributed by atoms with Gasteiger partial charge in [-0.1, -0.05) is 48.0 Å². The number of aryl methyl sites for hydroxylation is 2. The molecule has 3 aromatic rings. The van der Waals surface area contributed by atoms with Gasteiger partial charge in [-0.25, -0.2) is 12.8 Å². The van der Waals surface area contributed by atoms with E-state index >= 15 is 0 Å². The molecule has 0 aliphatic carbocycles. The molecule has 0 bridgehead atoms. The molecule has 0 amide bonds. The lowest BCUT2D eigenvalue weighted by molar-refractivity contribution is 0.579. The molecule has 3 nitrogen and oxygen atoms in total. The highest BCUT2D eigenvalue weighted by Gasteiger charge is 2.30. The molecule has 0 saturated heterocycles. The Labute approximate surface area is 160 Å². The van der Waals surface area contributed by atoms with E-state index in [0.717, 1.165) is 22.8 Å². The van der Waals surface area contributed by atoms with Crippen LogP contribution >= 0.6 is 0 Å². The number of hydrogen-bond acceptors (Lipinski definition) is 2. The molecule has 0 fully saturated rings. The predicted molar refractivity (Wildman–Crippen MR) is 107 cm³/mol. The van der Waals surface area contributed by atoms with E-state index in [1.54, 1.807) is 6.07 Å². The van der Waals surface area contributed by atoms with Crippen molar-refractivity contribution in [3.63, 3.8) is 0 Å². The van der Waals surface area contributed by atoms with Crippen LogP contribution in [0.2, 0.25) is 0 Å². The first kappa shape index (κ1) is 19.1. The largest absolute Gasteiger partial charge is 0.264 e. The van der Waals surface area contributed by atoms with E-state index in [1.165, 1.54) is 22.5 Å². The zero-order valence-electron chi connectivity index (χ0n) is 15.6. The molecule has 27 heavy (non-hydrogen) atoms. The topological polar surface area (TPSA) is 37.4 Å². The number of sulfonamides is 1. The molecule has 0 unspecified atom stereocenters. The maximum Gasteiger partial charge on any atom is 0.264 e. The highest BCUT2D eigenvalue weighted by Crippen LogP contribution is 2.34. The minimum absolute atomic E-state index is 0.0667. The van der Waals surface area contributed by atoms with Crippen LogP contribution in [-0.2, 0) is 10.0 Å². The first-order valence-corrected chi connectivity index (χ1v) is 10.2. The van der Waals surface area contributed by atoms with Gasteiger partial charge >= 0.3 is 0 Å². The van der Waals surface area contributed by atoms with Crippen molar-refractivity contribution in [1.29, 1.82) is 0 Å². The first-order chi connectivity index (χ1) is 12.8. The Balaban J connectivity index is 2.17. The van der Waals surface area contributed by atoms with E-state index in [0.29, 0.717) is 5.69 Å². The summed E-state index contributed by atoms with van der Waals surface area (Å²) in [4.78, 5) is -0.0667. The fourth-order valence-electron chi connectivity index (χ4n) is 3.06. The van der Waals surface area contributed by atoms with Crippen LogP contribution < -0.4 is 4.31 Å². The van der Waals surface area contributed by atoms with Crippen LogP contribution in [-0.4, -0.2) is 8.42 Å². The fraction of sp³-hybridized carbons (Fsp3) is 0.182. The fourth-order valence-corrected chi connectivity index (χ4v) is 4.73. The zero-order valence-corrected chi connectivity index (χ0v) is 16.4. The van der Waals surface area contributed by atoms with Crippen molar-refractivity contribution in [2.24, 2.45) is 0 Å². The van der Waals surface area contributed by atoms with Crippen molar-refractivity contribution in [3.05, 3.63) is 95.3 Å². The standard InChI is InChI=1S/C22H22FNO2S/c1-16-10-12-19(13-11-16)18(3)24(21-8-4-6-17(2)14-21)27(25,26)22-9-5-7-20(23)15-22/h4-15,18H,1-3H3/t18-/m1/s1. The molecule has 0 heterocycles. The van der Waals surface area contributed by atoms with Crippen LogP contribution in [0.15, 0.2) is 77.7 Å². The van der Waals surface area contributed by atoms with Gasteiger partial charge in [-0.2, -0.15) is 0 Å². The molecule has 5 heteroatoms. The van der Waals surface area contributed by atoms with Crippen LogP contribution in [0.25, 0.3) is 0 Å². The van der Waals surface area contributed by atoms with Crippen molar-refractivity contribution in [2.75, 3.05) is 4.31 Å². The SMILES string of the molecule is Cc1ccc([C@@H](C)N(c2cccc(C)c2)S(=O)(=O)c2cccc(F)c2)cc1. The highest BCUT2D eigenvalue weighted by atomic mass is 32.2. The molecule has 0 aliphatic heterocycles. The lowest BCUT2D eigenvalue weighted by Gasteiger charge is -2.31. The Hall–Kier alpha value is -2.66. The van der Waals surface area contributed by atoms with Crippen molar-refractivity contribution < 1.29 is 12.8 Å². The maximum absolute atomic E-state index is 13.7. The number of nitrogens with zero attached hydrogens (tertiary/aromatic N) is 1. The summed E-state index contributed by atoms with van der Waals surface area (Å²) in [7, 11) is -3.96. The van der Waals surface area contributed by atoms with Gasteiger partial charge in [0, 0.05) is 0 Å². The lowest BCUT2D eigenvalue weighted by Crippen LogP contribution is -2.33. The van der Waals surface area contributed by atoms with Gasteiger partial charge < -0.3 is 0 Å². The average Bonchev–Trinajstić information content (AvgIpc) is 2.62. The summed E-state index contributed by atoms with van der Waals surface area (Å²) >= 11 is 0. The molecule has 0 radical (unpaired) electrons. The summed E-state index contributed by atoms with van der Waals surface area (Å²) in [5, 5.41) is 0. The van der Waals surface area contributed by atoms with E-state index in [-0.39, 0.29) is 4.90 Å². The van der Waals surface area contributed by atoms with Gasteiger partial charge in [-0.3, -0.25) is 4.31 Å². The number of rotatable bonds is 5. The van der Waals surface area contributed by atoms with E-state index in [1.807, 2.05) is 63.2 Å². The molecule has 3 rings (SSSR count). The number of benzene rings is 3. The Morgan fingerprint density at radius 3 is 2.15 bits per heavy atom. The summed E-state index contributed by atoms with van der Waals surface area (Å²) < 4.78 is 41.9. The summed E-state index contributed by atoms with van der Waals surface area (Å²) in [6.07, 6.45) is 0. The van der Waals surface area contributed by atoms with Crippen LogP contribution in [0, 0.1) is 19.7 Å². The number of anilines is 1. The van der Waals surface area contributed by atoms with Crippen LogP contribution in [0.3, 0.4) is 0 Å². The molecule has 0 saturated carbocycles. The monoisotopic (exact) mass is 383 g/mol. The second kappa shape index (κ2) is 7.53. The van der Waals surface area contributed by atoms with E-state index in [4.69, 9.17) is 0 Å². The number of hydrogen-bond donors (Lipinski definition) is 0.